The van der Waals surface area contributed by atoms with Gasteiger partial charge in [0.2, 0.25) is 5.91 Å². The molecular weight excluding hydrogens is 351 g/mol. The largest absolute Gasteiger partial charge is 0.467 e. The van der Waals surface area contributed by atoms with Crippen molar-refractivity contribution in [3.8, 4) is 0 Å². The van der Waals surface area contributed by atoms with E-state index in [4.69, 9.17) is 11.5 Å². The maximum Gasteiger partial charge on any atom is 0.416 e. The van der Waals surface area contributed by atoms with Crippen LogP contribution in [0.2, 0.25) is 0 Å². The molecule has 0 heterocycles. The zero-order chi connectivity index (χ0) is 19.7. The third kappa shape index (κ3) is 6.64. The van der Waals surface area contributed by atoms with Crippen molar-refractivity contribution >= 4 is 11.9 Å². The molecule has 26 heavy (non-hydrogen) atoms. The van der Waals surface area contributed by atoms with Gasteiger partial charge < -0.3 is 21.5 Å². The van der Waals surface area contributed by atoms with Crippen LogP contribution in [0, 0.1) is 0 Å². The second kappa shape index (κ2) is 10.1. The van der Waals surface area contributed by atoms with Crippen molar-refractivity contribution in [1.29, 1.82) is 0 Å². The summed E-state index contributed by atoms with van der Waals surface area (Å²) in [5, 5.41) is 2.44. The van der Waals surface area contributed by atoms with Gasteiger partial charge in [-0.05, 0) is 43.9 Å². The number of nitrogens with one attached hydrogen (secondary N) is 1. The number of ether oxygens (including phenoxy) is 1. The summed E-state index contributed by atoms with van der Waals surface area (Å²) in [4.78, 5) is 24.0. The number of carbonyl (C=O) groups is 2. The molecule has 0 aromatic heterocycles. The van der Waals surface area contributed by atoms with Gasteiger partial charge in [-0.1, -0.05) is 18.2 Å². The fraction of sp³-hybridized carbons (Fsp3) is 0.529. The molecule has 0 aliphatic heterocycles. The number of halogens is 3. The Morgan fingerprint density at radius 1 is 1.23 bits per heavy atom. The third-order valence-electron chi connectivity index (χ3n) is 3.85. The highest BCUT2D eigenvalue weighted by molar-refractivity contribution is 5.87. The topological polar surface area (TPSA) is 107 Å². The molecule has 0 spiro atoms. The molecule has 5 N–H and O–H groups in total. The molecule has 0 bridgehead atoms. The van der Waals surface area contributed by atoms with Crippen LogP contribution < -0.4 is 16.8 Å². The SMILES string of the molecule is COC(=O)[C@H](CCCCN)NC(=O)[C@@H](N)Cc1ccccc1C(F)(F)F. The summed E-state index contributed by atoms with van der Waals surface area (Å²) in [6.07, 6.45) is -3.29. The average molecular weight is 375 g/mol. The van der Waals surface area contributed by atoms with Crippen LogP contribution in [0.1, 0.15) is 30.4 Å². The van der Waals surface area contributed by atoms with Crippen LogP contribution in [0.4, 0.5) is 13.2 Å². The summed E-state index contributed by atoms with van der Waals surface area (Å²) < 4.78 is 43.7. The van der Waals surface area contributed by atoms with Crippen LogP contribution in [0.25, 0.3) is 0 Å². The molecule has 0 aliphatic carbocycles. The molecule has 2 atom stereocenters. The number of hydrogen-bond donors (Lipinski definition) is 3. The molecule has 0 unspecified atom stereocenters. The lowest BCUT2D eigenvalue weighted by molar-refractivity contribution is -0.145. The lowest BCUT2D eigenvalue weighted by Crippen LogP contribution is -2.49. The average Bonchev–Trinajstić information content (AvgIpc) is 2.59. The molecule has 1 rings (SSSR count). The first-order chi connectivity index (χ1) is 12.2. The highest BCUT2D eigenvalue weighted by Crippen LogP contribution is 2.32. The fourth-order valence-electron chi connectivity index (χ4n) is 2.47. The first-order valence-corrected chi connectivity index (χ1v) is 8.19. The number of esters is 1. The minimum Gasteiger partial charge on any atom is -0.467 e. The van der Waals surface area contributed by atoms with Gasteiger partial charge in [-0.3, -0.25) is 4.79 Å². The summed E-state index contributed by atoms with van der Waals surface area (Å²) in [6.45, 7) is 0.440. The molecule has 0 fully saturated rings. The number of hydrogen-bond acceptors (Lipinski definition) is 5. The zero-order valence-corrected chi connectivity index (χ0v) is 14.5. The van der Waals surface area contributed by atoms with Gasteiger partial charge in [0, 0.05) is 0 Å². The summed E-state index contributed by atoms with van der Waals surface area (Å²) >= 11 is 0. The van der Waals surface area contributed by atoms with Crippen molar-refractivity contribution in [1.82, 2.24) is 5.32 Å². The van der Waals surface area contributed by atoms with Crippen molar-refractivity contribution in [3.05, 3.63) is 35.4 Å². The number of benzene rings is 1. The van der Waals surface area contributed by atoms with Gasteiger partial charge >= 0.3 is 12.1 Å². The van der Waals surface area contributed by atoms with Gasteiger partial charge in [-0.15, -0.1) is 0 Å². The maximum absolute atomic E-state index is 13.0. The van der Waals surface area contributed by atoms with Gasteiger partial charge in [-0.2, -0.15) is 13.2 Å². The third-order valence-corrected chi connectivity index (χ3v) is 3.85. The van der Waals surface area contributed by atoms with E-state index in [1.165, 1.54) is 25.3 Å². The number of methoxy groups -OCH3 is 1. The second-order valence-electron chi connectivity index (χ2n) is 5.83. The van der Waals surface area contributed by atoms with Gasteiger partial charge in [0.1, 0.15) is 6.04 Å². The Balaban J connectivity index is 2.79. The standard InChI is InChI=1S/C17H24F3N3O3/c1-26-16(25)14(8-4-5-9-21)23-15(24)13(22)10-11-6-2-3-7-12(11)17(18,19)20/h2-3,6-7,13-14H,4-5,8-10,21-22H2,1H3,(H,23,24)/t13-,14-/m0/s1. The number of alkyl halides is 3. The molecule has 0 saturated carbocycles. The van der Waals surface area contributed by atoms with E-state index >= 15 is 0 Å². The van der Waals surface area contributed by atoms with Crippen LogP contribution in [0.3, 0.4) is 0 Å². The number of carbonyl (C=O) groups excluding carboxylic acids is 2. The number of rotatable bonds is 9. The molecular formula is C17H24F3N3O3. The summed E-state index contributed by atoms with van der Waals surface area (Å²) in [6, 6.07) is 2.77. The van der Waals surface area contributed by atoms with Crippen molar-refractivity contribution in [2.75, 3.05) is 13.7 Å². The molecule has 1 amide bonds. The van der Waals surface area contributed by atoms with Crippen molar-refractivity contribution in [3.63, 3.8) is 0 Å². The first-order valence-electron chi connectivity index (χ1n) is 8.19. The smallest absolute Gasteiger partial charge is 0.416 e. The second-order valence-corrected chi connectivity index (χ2v) is 5.83. The monoisotopic (exact) mass is 375 g/mol. The number of amides is 1. The van der Waals surface area contributed by atoms with Gasteiger partial charge in [0.25, 0.3) is 0 Å². The van der Waals surface area contributed by atoms with E-state index in [2.05, 4.69) is 10.1 Å². The highest BCUT2D eigenvalue weighted by Gasteiger charge is 2.34. The Bertz CT molecular complexity index is 608. The Morgan fingerprint density at radius 2 is 1.88 bits per heavy atom. The van der Waals surface area contributed by atoms with E-state index in [1.54, 1.807) is 0 Å². The van der Waals surface area contributed by atoms with E-state index < -0.39 is 35.7 Å². The van der Waals surface area contributed by atoms with Crippen molar-refractivity contribution in [2.45, 2.75) is 43.9 Å². The molecule has 0 aliphatic rings. The molecule has 6 nitrogen and oxygen atoms in total. The van der Waals surface area contributed by atoms with Gasteiger partial charge in [0.05, 0.1) is 18.7 Å². The molecule has 1 aromatic carbocycles. The van der Waals surface area contributed by atoms with Crippen LogP contribution >= 0.6 is 0 Å². The van der Waals surface area contributed by atoms with E-state index in [0.29, 0.717) is 25.8 Å². The summed E-state index contributed by atoms with van der Waals surface area (Å²) in [5.41, 5.74) is 10.2. The summed E-state index contributed by atoms with van der Waals surface area (Å²) in [5.74, 6) is -1.36. The quantitative estimate of drug-likeness (QED) is 0.446. The Kier molecular flexibility index (Phi) is 8.53. The Labute approximate surface area is 150 Å². The normalized spacial score (nSPS) is 13.8. The fourth-order valence-corrected chi connectivity index (χ4v) is 2.47. The summed E-state index contributed by atoms with van der Waals surface area (Å²) in [7, 11) is 1.18. The lowest BCUT2D eigenvalue weighted by atomic mass is 9.99. The van der Waals surface area contributed by atoms with Crippen LogP contribution in [0.5, 0.6) is 0 Å². The molecule has 0 saturated heterocycles. The predicted octanol–water partition coefficient (Wildman–Crippen LogP) is 1.36. The minimum atomic E-state index is -4.54. The van der Waals surface area contributed by atoms with Gasteiger partial charge in [-0.25, -0.2) is 4.79 Å². The van der Waals surface area contributed by atoms with Crippen LogP contribution in [-0.2, 0) is 26.9 Å². The van der Waals surface area contributed by atoms with Crippen molar-refractivity contribution in [2.24, 2.45) is 11.5 Å². The predicted molar refractivity (Wildman–Crippen MR) is 90.0 cm³/mol. The maximum atomic E-state index is 13.0. The van der Waals surface area contributed by atoms with Crippen LogP contribution in [0.15, 0.2) is 24.3 Å². The first kappa shape index (κ1) is 21.9. The van der Waals surface area contributed by atoms with Crippen LogP contribution in [-0.4, -0.2) is 37.6 Å². The van der Waals surface area contributed by atoms with E-state index in [0.717, 1.165) is 6.07 Å². The zero-order valence-electron chi connectivity index (χ0n) is 14.5. The molecule has 0 radical (unpaired) electrons. The van der Waals surface area contributed by atoms with Gasteiger partial charge in [0.15, 0.2) is 0 Å². The number of nitrogens with two attached hydrogens (primary N) is 2. The van der Waals surface area contributed by atoms with E-state index in [1.807, 2.05) is 0 Å². The Hall–Kier alpha value is -2.13. The Morgan fingerprint density at radius 3 is 2.46 bits per heavy atom. The molecule has 146 valence electrons. The molecule has 9 heteroatoms. The lowest BCUT2D eigenvalue weighted by Gasteiger charge is -2.20. The minimum absolute atomic E-state index is 0.0830. The number of unbranched alkanes of at least 4 members (excludes halogenated alkanes) is 1. The highest BCUT2D eigenvalue weighted by atomic mass is 19.4. The molecule has 1 aromatic rings. The van der Waals surface area contributed by atoms with E-state index in [9.17, 15) is 22.8 Å². The van der Waals surface area contributed by atoms with Crippen molar-refractivity contribution < 1.29 is 27.5 Å². The van der Waals surface area contributed by atoms with E-state index in [-0.39, 0.29) is 12.0 Å².